The third kappa shape index (κ3) is 3.39. The first-order valence-electron chi connectivity index (χ1n) is 5.00. The zero-order valence-corrected chi connectivity index (χ0v) is 13.6. The molecule has 0 aliphatic carbocycles. The Bertz CT molecular complexity index is 541. The van der Waals surface area contributed by atoms with Gasteiger partial charge in [-0.15, -0.1) is 0 Å². The van der Waals surface area contributed by atoms with E-state index in [1.54, 1.807) is 0 Å². The lowest BCUT2D eigenvalue weighted by Crippen LogP contribution is -1.99. The Balaban J connectivity index is 2.11. The van der Waals surface area contributed by atoms with Gasteiger partial charge in [0.2, 0.25) is 0 Å². The molecule has 0 unspecified atom stereocenters. The number of rotatable bonds is 3. The molecule has 0 spiro atoms. The fraction of sp³-hybridized carbons (Fsp3) is 0.167. The Morgan fingerprint density at radius 2 is 2.18 bits per heavy atom. The van der Waals surface area contributed by atoms with Gasteiger partial charge in [0.15, 0.2) is 3.77 Å². The van der Waals surface area contributed by atoms with Crippen LogP contribution in [0.15, 0.2) is 33.2 Å². The first-order valence-corrected chi connectivity index (χ1v) is 7.25. The number of halogens is 3. The van der Waals surface area contributed by atoms with Crippen LogP contribution in [0, 0.1) is 10.7 Å². The van der Waals surface area contributed by atoms with Crippen molar-refractivity contribution in [1.29, 1.82) is 0 Å². The van der Waals surface area contributed by atoms with E-state index in [0.29, 0.717) is 6.54 Å². The van der Waals surface area contributed by atoms with E-state index in [4.69, 9.17) is 16.0 Å². The maximum Gasteiger partial charge on any atom is 0.164 e. The van der Waals surface area contributed by atoms with E-state index in [2.05, 4.69) is 43.8 Å². The van der Waals surface area contributed by atoms with Crippen LogP contribution in [0.1, 0.15) is 11.3 Å². The Hall–Kier alpha value is -0.200. The summed E-state index contributed by atoms with van der Waals surface area (Å²) in [5.74, 6) is 0.901. The molecule has 0 saturated carbocycles. The van der Waals surface area contributed by atoms with Gasteiger partial charge in [-0.3, -0.25) is 0 Å². The van der Waals surface area contributed by atoms with E-state index in [1.807, 2.05) is 31.2 Å². The van der Waals surface area contributed by atoms with Gasteiger partial charge in [-0.05, 0) is 75.3 Å². The normalized spacial score (nSPS) is 10.6. The van der Waals surface area contributed by atoms with E-state index >= 15 is 0 Å². The van der Waals surface area contributed by atoms with Gasteiger partial charge in [-0.2, -0.15) is 0 Å². The number of hydrogen-bond acceptors (Lipinski definition) is 2. The van der Waals surface area contributed by atoms with Crippen molar-refractivity contribution >= 4 is 55.8 Å². The lowest BCUT2D eigenvalue weighted by Gasteiger charge is -2.09. The van der Waals surface area contributed by atoms with Gasteiger partial charge in [0, 0.05) is 9.50 Å². The van der Waals surface area contributed by atoms with Crippen molar-refractivity contribution in [2.45, 2.75) is 13.5 Å². The summed E-state index contributed by atoms with van der Waals surface area (Å²) in [4.78, 5) is 0. The molecule has 0 aliphatic rings. The van der Waals surface area contributed by atoms with Gasteiger partial charge >= 0.3 is 0 Å². The topological polar surface area (TPSA) is 25.2 Å². The van der Waals surface area contributed by atoms with Crippen LogP contribution in [0.5, 0.6) is 0 Å². The summed E-state index contributed by atoms with van der Waals surface area (Å²) in [6.45, 7) is 2.62. The highest BCUT2D eigenvalue weighted by Gasteiger charge is 2.05. The standard InChI is InChI=1S/C12H10BrClINO/c1-7-4-9(13)11(5-10(7)14)16-6-8-2-3-12(15)17-8/h2-5,16H,6H2,1H3. The van der Waals surface area contributed by atoms with Crippen molar-refractivity contribution in [1.82, 2.24) is 0 Å². The smallest absolute Gasteiger partial charge is 0.164 e. The maximum absolute atomic E-state index is 6.09. The molecule has 1 aromatic heterocycles. The first-order chi connectivity index (χ1) is 8.06. The minimum absolute atomic E-state index is 0.640. The van der Waals surface area contributed by atoms with Crippen LogP contribution in [0.3, 0.4) is 0 Å². The molecule has 2 aromatic rings. The van der Waals surface area contributed by atoms with Crippen LogP contribution in [0.25, 0.3) is 0 Å². The lowest BCUT2D eigenvalue weighted by molar-refractivity contribution is 0.493. The molecular formula is C12H10BrClINO. The highest BCUT2D eigenvalue weighted by molar-refractivity contribution is 14.1. The van der Waals surface area contributed by atoms with Crippen LogP contribution in [-0.4, -0.2) is 0 Å². The molecule has 90 valence electrons. The highest BCUT2D eigenvalue weighted by Crippen LogP contribution is 2.29. The van der Waals surface area contributed by atoms with Gasteiger partial charge in [0.25, 0.3) is 0 Å². The van der Waals surface area contributed by atoms with Gasteiger partial charge in [0.05, 0.1) is 12.2 Å². The van der Waals surface area contributed by atoms with Crippen molar-refractivity contribution in [3.8, 4) is 0 Å². The minimum Gasteiger partial charge on any atom is -0.454 e. The predicted molar refractivity (Wildman–Crippen MR) is 82.6 cm³/mol. The fourth-order valence-corrected chi connectivity index (χ4v) is 2.64. The number of hydrogen-bond donors (Lipinski definition) is 1. The zero-order valence-electron chi connectivity index (χ0n) is 9.06. The Labute approximate surface area is 127 Å². The number of aryl methyl sites for hydroxylation is 1. The van der Waals surface area contributed by atoms with E-state index in [9.17, 15) is 0 Å². The molecule has 0 aliphatic heterocycles. The van der Waals surface area contributed by atoms with Crippen LogP contribution in [0.4, 0.5) is 5.69 Å². The summed E-state index contributed by atoms with van der Waals surface area (Å²) >= 11 is 11.7. The van der Waals surface area contributed by atoms with Crippen molar-refractivity contribution in [2.24, 2.45) is 0 Å². The number of nitrogens with one attached hydrogen (secondary N) is 1. The number of benzene rings is 1. The molecule has 0 fully saturated rings. The Morgan fingerprint density at radius 3 is 2.82 bits per heavy atom. The van der Waals surface area contributed by atoms with Crippen molar-refractivity contribution in [2.75, 3.05) is 5.32 Å². The predicted octanol–water partition coefficient (Wildman–Crippen LogP) is 5.22. The SMILES string of the molecule is Cc1cc(Br)c(NCc2ccc(I)o2)cc1Cl. The van der Waals surface area contributed by atoms with E-state index in [-0.39, 0.29) is 0 Å². The highest BCUT2D eigenvalue weighted by atomic mass is 127. The minimum atomic E-state index is 0.640. The maximum atomic E-state index is 6.09. The summed E-state index contributed by atoms with van der Waals surface area (Å²) in [6, 6.07) is 7.80. The van der Waals surface area contributed by atoms with Crippen LogP contribution >= 0.6 is 50.1 Å². The zero-order chi connectivity index (χ0) is 12.4. The average molecular weight is 426 g/mol. The van der Waals surface area contributed by atoms with Gasteiger partial charge < -0.3 is 9.73 Å². The Kier molecular flexibility index (Phi) is 4.38. The molecule has 1 N–H and O–H groups in total. The van der Waals surface area contributed by atoms with Gasteiger partial charge in [-0.25, -0.2) is 0 Å². The van der Waals surface area contributed by atoms with Crippen LogP contribution < -0.4 is 5.32 Å². The molecule has 1 aromatic carbocycles. The third-order valence-electron chi connectivity index (χ3n) is 2.33. The number of furan rings is 1. The Morgan fingerprint density at radius 1 is 1.41 bits per heavy atom. The molecule has 2 nitrogen and oxygen atoms in total. The van der Waals surface area contributed by atoms with E-state index in [0.717, 1.165) is 30.3 Å². The second-order valence-corrected chi connectivity index (χ2v) is 5.97. The second-order valence-electron chi connectivity index (χ2n) is 3.64. The third-order valence-corrected chi connectivity index (χ3v) is 3.97. The molecule has 0 atom stereocenters. The van der Waals surface area contributed by atoms with E-state index < -0.39 is 0 Å². The summed E-state index contributed by atoms with van der Waals surface area (Å²) in [5.41, 5.74) is 2.02. The van der Waals surface area contributed by atoms with Crippen LogP contribution in [0.2, 0.25) is 5.02 Å². The molecule has 0 bridgehead atoms. The second kappa shape index (κ2) is 5.63. The summed E-state index contributed by atoms with van der Waals surface area (Å²) in [6.07, 6.45) is 0. The largest absolute Gasteiger partial charge is 0.454 e. The van der Waals surface area contributed by atoms with Crippen molar-refractivity contribution in [3.63, 3.8) is 0 Å². The van der Waals surface area contributed by atoms with Gasteiger partial charge in [-0.1, -0.05) is 11.6 Å². The quantitative estimate of drug-likeness (QED) is 0.681. The van der Waals surface area contributed by atoms with Crippen LogP contribution in [-0.2, 0) is 6.54 Å². The number of anilines is 1. The molecule has 2 rings (SSSR count). The van der Waals surface area contributed by atoms with Crippen molar-refractivity contribution in [3.05, 3.63) is 48.9 Å². The first kappa shape index (κ1) is 13.2. The molecule has 17 heavy (non-hydrogen) atoms. The lowest BCUT2D eigenvalue weighted by atomic mass is 10.2. The molecule has 5 heteroatoms. The molecule has 0 amide bonds. The average Bonchev–Trinajstić information content (AvgIpc) is 2.68. The fourth-order valence-electron chi connectivity index (χ4n) is 1.41. The van der Waals surface area contributed by atoms with Crippen molar-refractivity contribution < 1.29 is 4.42 Å². The summed E-state index contributed by atoms with van der Waals surface area (Å²) in [5, 5.41) is 4.04. The summed E-state index contributed by atoms with van der Waals surface area (Å²) < 4.78 is 7.36. The molecular weight excluding hydrogens is 416 g/mol. The molecule has 0 saturated heterocycles. The molecule has 1 heterocycles. The van der Waals surface area contributed by atoms with E-state index in [1.165, 1.54) is 0 Å². The van der Waals surface area contributed by atoms with Gasteiger partial charge in [0.1, 0.15) is 5.76 Å². The summed E-state index contributed by atoms with van der Waals surface area (Å²) in [7, 11) is 0. The molecule has 0 radical (unpaired) electrons. The monoisotopic (exact) mass is 425 g/mol.